The minimum absolute atomic E-state index is 0.754. The zero-order valence-electron chi connectivity index (χ0n) is 7.34. The molecule has 0 radical (unpaired) electrons. The standard InChI is InChI=1S/C10H12ClN/c1-4-12(3)10-7-9(11)6-5-8(10)2/h4-7H,1H2,2-3H3. The summed E-state index contributed by atoms with van der Waals surface area (Å²) in [5.74, 6) is 0. The van der Waals surface area contributed by atoms with Crippen LogP contribution in [0.4, 0.5) is 5.69 Å². The number of rotatable bonds is 2. The molecular formula is C10H12ClN. The molecule has 1 aromatic rings. The summed E-state index contributed by atoms with van der Waals surface area (Å²) in [5, 5.41) is 0.754. The highest BCUT2D eigenvalue weighted by Gasteiger charge is 2.01. The van der Waals surface area contributed by atoms with E-state index < -0.39 is 0 Å². The van der Waals surface area contributed by atoms with Crippen molar-refractivity contribution in [3.8, 4) is 0 Å². The maximum Gasteiger partial charge on any atom is 0.0447 e. The van der Waals surface area contributed by atoms with Crippen molar-refractivity contribution >= 4 is 17.3 Å². The second-order valence-electron chi connectivity index (χ2n) is 2.72. The van der Waals surface area contributed by atoms with Crippen LogP contribution >= 0.6 is 11.6 Å². The van der Waals surface area contributed by atoms with Gasteiger partial charge in [-0.15, -0.1) is 0 Å². The molecule has 0 spiro atoms. The lowest BCUT2D eigenvalue weighted by Gasteiger charge is -2.16. The van der Waals surface area contributed by atoms with E-state index in [1.807, 2.05) is 37.1 Å². The van der Waals surface area contributed by atoms with Crippen molar-refractivity contribution in [2.45, 2.75) is 6.92 Å². The molecule has 1 nitrogen and oxygen atoms in total. The highest BCUT2D eigenvalue weighted by atomic mass is 35.5. The Morgan fingerprint density at radius 2 is 2.17 bits per heavy atom. The van der Waals surface area contributed by atoms with Gasteiger partial charge in [0.1, 0.15) is 0 Å². The summed E-state index contributed by atoms with van der Waals surface area (Å²) < 4.78 is 0. The van der Waals surface area contributed by atoms with Gasteiger partial charge >= 0.3 is 0 Å². The van der Waals surface area contributed by atoms with Crippen LogP contribution in [0.2, 0.25) is 5.02 Å². The van der Waals surface area contributed by atoms with Gasteiger partial charge in [0.2, 0.25) is 0 Å². The first-order valence-corrected chi connectivity index (χ1v) is 4.14. The Balaban J connectivity index is 3.12. The third kappa shape index (κ3) is 1.80. The molecule has 0 aliphatic heterocycles. The predicted octanol–water partition coefficient (Wildman–Crippen LogP) is 3.23. The largest absolute Gasteiger partial charge is 0.351 e. The average molecular weight is 182 g/mol. The van der Waals surface area contributed by atoms with Gasteiger partial charge in [-0.1, -0.05) is 24.2 Å². The Labute approximate surface area is 78.3 Å². The minimum Gasteiger partial charge on any atom is -0.351 e. The predicted molar refractivity (Wildman–Crippen MR) is 54.8 cm³/mol. The summed E-state index contributed by atoms with van der Waals surface area (Å²) >= 11 is 5.86. The van der Waals surface area contributed by atoms with E-state index in [-0.39, 0.29) is 0 Å². The summed E-state index contributed by atoms with van der Waals surface area (Å²) in [6.07, 6.45) is 1.76. The first-order valence-electron chi connectivity index (χ1n) is 3.76. The Kier molecular flexibility index (Phi) is 2.77. The van der Waals surface area contributed by atoms with E-state index in [1.54, 1.807) is 6.20 Å². The van der Waals surface area contributed by atoms with Crippen molar-refractivity contribution < 1.29 is 0 Å². The van der Waals surface area contributed by atoms with Crippen molar-refractivity contribution in [2.75, 3.05) is 11.9 Å². The summed E-state index contributed by atoms with van der Waals surface area (Å²) in [7, 11) is 1.95. The minimum atomic E-state index is 0.754. The molecule has 0 fully saturated rings. The molecule has 1 rings (SSSR count). The van der Waals surface area contributed by atoms with Crippen molar-refractivity contribution in [3.63, 3.8) is 0 Å². The van der Waals surface area contributed by atoms with Crippen LogP contribution in [-0.2, 0) is 0 Å². The fourth-order valence-electron chi connectivity index (χ4n) is 1.06. The van der Waals surface area contributed by atoms with Gasteiger partial charge in [-0.25, -0.2) is 0 Å². The van der Waals surface area contributed by atoms with Crippen molar-refractivity contribution in [3.05, 3.63) is 41.6 Å². The zero-order chi connectivity index (χ0) is 9.14. The molecule has 0 saturated heterocycles. The third-order valence-corrected chi connectivity index (χ3v) is 2.06. The molecule has 12 heavy (non-hydrogen) atoms. The lowest BCUT2D eigenvalue weighted by Crippen LogP contribution is -2.08. The number of halogens is 1. The van der Waals surface area contributed by atoms with E-state index in [0.29, 0.717) is 0 Å². The number of hydrogen-bond donors (Lipinski definition) is 0. The van der Waals surface area contributed by atoms with Crippen LogP contribution in [-0.4, -0.2) is 7.05 Å². The highest BCUT2D eigenvalue weighted by molar-refractivity contribution is 6.30. The molecular weight excluding hydrogens is 170 g/mol. The number of aryl methyl sites for hydroxylation is 1. The maximum absolute atomic E-state index is 5.86. The molecule has 64 valence electrons. The Morgan fingerprint density at radius 3 is 2.75 bits per heavy atom. The molecule has 0 aliphatic rings. The number of hydrogen-bond acceptors (Lipinski definition) is 1. The van der Waals surface area contributed by atoms with Gasteiger partial charge in [-0.2, -0.15) is 0 Å². The third-order valence-electron chi connectivity index (χ3n) is 1.83. The van der Waals surface area contributed by atoms with Crippen molar-refractivity contribution in [2.24, 2.45) is 0 Å². The Bertz CT molecular complexity index is 294. The van der Waals surface area contributed by atoms with Gasteiger partial charge in [0.25, 0.3) is 0 Å². The number of nitrogens with zero attached hydrogens (tertiary/aromatic N) is 1. The van der Waals surface area contributed by atoms with Gasteiger partial charge in [-0.05, 0) is 30.8 Å². The van der Waals surface area contributed by atoms with Crippen LogP contribution in [0.3, 0.4) is 0 Å². The average Bonchev–Trinajstić information content (AvgIpc) is 2.08. The van der Waals surface area contributed by atoms with E-state index in [9.17, 15) is 0 Å². The molecule has 1 aromatic carbocycles. The zero-order valence-corrected chi connectivity index (χ0v) is 8.10. The molecule has 0 heterocycles. The van der Waals surface area contributed by atoms with Crippen LogP contribution in [0, 0.1) is 6.92 Å². The molecule has 2 heteroatoms. The fraction of sp³-hybridized carbons (Fsp3) is 0.200. The summed E-state index contributed by atoms with van der Waals surface area (Å²) in [5.41, 5.74) is 2.29. The van der Waals surface area contributed by atoms with Crippen LogP contribution in [0.25, 0.3) is 0 Å². The quantitative estimate of drug-likeness (QED) is 0.677. The van der Waals surface area contributed by atoms with Crippen LogP contribution in [0.1, 0.15) is 5.56 Å². The van der Waals surface area contributed by atoms with E-state index in [1.165, 1.54) is 5.56 Å². The van der Waals surface area contributed by atoms with Crippen molar-refractivity contribution in [1.82, 2.24) is 0 Å². The van der Waals surface area contributed by atoms with Crippen LogP contribution in [0.5, 0.6) is 0 Å². The smallest absolute Gasteiger partial charge is 0.0447 e. The molecule has 0 amide bonds. The van der Waals surface area contributed by atoms with E-state index in [0.717, 1.165) is 10.7 Å². The Morgan fingerprint density at radius 1 is 1.50 bits per heavy atom. The normalized spacial score (nSPS) is 9.58. The number of anilines is 1. The van der Waals surface area contributed by atoms with Gasteiger partial charge in [0.15, 0.2) is 0 Å². The Hall–Kier alpha value is -0.950. The van der Waals surface area contributed by atoms with Crippen LogP contribution in [0.15, 0.2) is 31.0 Å². The lowest BCUT2D eigenvalue weighted by atomic mass is 10.2. The van der Waals surface area contributed by atoms with E-state index >= 15 is 0 Å². The summed E-state index contributed by atoms with van der Waals surface area (Å²) in [4.78, 5) is 1.95. The van der Waals surface area contributed by atoms with Gasteiger partial charge in [0.05, 0.1) is 0 Å². The second kappa shape index (κ2) is 3.63. The van der Waals surface area contributed by atoms with E-state index in [2.05, 4.69) is 6.58 Å². The summed E-state index contributed by atoms with van der Waals surface area (Å²) in [6.45, 7) is 5.74. The van der Waals surface area contributed by atoms with Gasteiger partial charge < -0.3 is 4.90 Å². The number of benzene rings is 1. The molecule has 0 aliphatic carbocycles. The molecule has 0 N–H and O–H groups in total. The lowest BCUT2D eigenvalue weighted by molar-refractivity contribution is 1.18. The summed E-state index contributed by atoms with van der Waals surface area (Å²) in [6, 6.07) is 5.81. The highest BCUT2D eigenvalue weighted by Crippen LogP contribution is 2.23. The molecule has 0 unspecified atom stereocenters. The fourth-order valence-corrected chi connectivity index (χ4v) is 1.23. The van der Waals surface area contributed by atoms with Crippen molar-refractivity contribution in [1.29, 1.82) is 0 Å². The van der Waals surface area contributed by atoms with E-state index in [4.69, 9.17) is 11.6 Å². The first-order chi connectivity index (χ1) is 5.65. The van der Waals surface area contributed by atoms with Gasteiger partial charge in [0, 0.05) is 17.8 Å². The molecule has 0 bridgehead atoms. The molecule has 0 aromatic heterocycles. The van der Waals surface area contributed by atoms with Crippen LogP contribution < -0.4 is 4.90 Å². The van der Waals surface area contributed by atoms with Gasteiger partial charge in [-0.3, -0.25) is 0 Å². The topological polar surface area (TPSA) is 3.24 Å². The monoisotopic (exact) mass is 181 g/mol. The first kappa shape index (κ1) is 9.14. The molecule has 0 saturated carbocycles. The molecule has 0 atom stereocenters. The maximum atomic E-state index is 5.86. The second-order valence-corrected chi connectivity index (χ2v) is 3.16. The SMILES string of the molecule is C=CN(C)c1cc(Cl)ccc1C.